The van der Waals surface area contributed by atoms with Gasteiger partial charge in [0.05, 0.1) is 6.33 Å². The number of rotatable bonds is 2. The summed E-state index contributed by atoms with van der Waals surface area (Å²) >= 11 is 0. The molecular formula is C16H21N3. The van der Waals surface area contributed by atoms with E-state index in [0.29, 0.717) is 0 Å². The molecule has 1 N–H and O–H groups in total. The van der Waals surface area contributed by atoms with Crippen LogP contribution in [0.5, 0.6) is 0 Å². The second-order valence-electron chi connectivity index (χ2n) is 5.93. The lowest BCUT2D eigenvalue weighted by molar-refractivity contribution is 0.498. The molecular weight excluding hydrogens is 234 g/mol. The average molecular weight is 255 g/mol. The Labute approximate surface area is 114 Å². The lowest BCUT2D eigenvalue weighted by Crippen LogP contribution is -2.27. The molecule has 1 atom stereocenters. The van der Waals surface area contributed by atoms with Gasteiger partial charge in [0.15, 0.2) is 0 Å². The Morgan fingerprint density at radius 1 is 1.32 bits per heavy atom. The van der Waals surface area contributed by atoms with Crippen LogP contribution in [0.3, 0.4) is 0 Å². The van der Waals surface area contributed by atoms with E-state index in [4.69, 9.17) is 0 Å². The molecule has 1 aromatic carbocycles. The van der Waals surface area contributed by atoms with Crippen LogP contribution < -0.4 is 5.32 Å². The van der Waals surface area contributed by atoms with Crippen molar-refractivity contribution >= 4 is 0 Å². The third kappa shape index (κ3) is 2.08. The first-order valence-electron chi connectivity index (χ1n) is 6.91. The maximum atomic E-state index is 4.39. The van der Waals surface area contributed by atoms with Gasteiger partial charge in [0, 0.05) is 29.5 Å². The van der Waals surface area contributed by atoms with Crippen LogP contribution in [-0.2, 0) is 5.41 Å². The van der Waals surface area contributed by atoms with Gasteiger partial charge in [0.2, 0.25) is 0 Å². The van der Waals surface area contributed by atoms with E-state index in [-0.39, 0.29) is 5.41 Å². The summed E-state index contributed by atoms with van der Waals surface area (Å²) < 4.78 is 2.26. The summed E-state index contributed by atoms with van der Waals surface area (Å²) in [6.45, 7) is 8.75. The molecule has 0 saturated carbocycles. The predicted octanol–water partition coefficient (Wildman–Crippen LogP) is 2.74. The molecule has 0 aliphatic carbocycles. The Hall–Kier alpha value is -1.61. The van der Waals surface area contributed by atoms with Gasteiger partial charge >= 0.3 is 0 Å². The number of hydrogen-bond donors (Lipinski definition) is 1. The van der Waals surface area contributed by atoms with Crippen LogP contribution in [0.2, 0.25) is 0 Å². The van der Waals surface area contributed by atoms with Crippen molar-refractivity contribution in [1.82, 2.24) is 14.9 Å². The second kappa shape index (κ2) is 4.49. The van der Waals surface area contributed by atoms with Crippen LogP contribution in [0.4, 0.5) is 0 Å². The normalized spacial score (nSPS) is 22.9. The summed E-state index contributed by atoms with van der Waals surface area (Å²) in [4.78, 5) is 4.39. The smallest absolute Gasteiger partial charge is 0.0994 e. The zero-order chi connectivity index (χ0) is 13.5. The van der Waals surface area contributed by atoms with Gasteiger partial charge in [-0.25, -0.2) is 4.98 Å². The van der Waals surface area contributed by atoms with E-state index in [9.17, 15) is 0 Å². The Morgan fingerprint density at radius 3 is 2.89 bits per heavy atom. The summed E-state index contributed by atoms with van der Waals surface area (Å²) in [5.41, 5.74) is 5.33. The van der Waals surface area contributed by atoms with E-state index in [2.05, 4.69) is 53.8 Å². The van der Waals surface area contributed by atoms with Crippen molar-refractivity contribution in [2.45, 2.75) is 32.6 Å². The highest BCUT2D eigenvalue weighted by atomic mass is 15.1. The van der Waals surface area contributed by atoms with Crippen LogP contribution >= 0.6 is 0 Å². The standard InChI is InChI=1S/C16H21N3/c1-12-4-5-13(2)14(8-12)19-11-18-9-15(19)16(3)6-7-17-10-16/h4-5,8-9,11,17H,6-7,10H2,1-3H3. The Kier molecular flexibility index (Phi) is 2.94. The van der Waals surface area contributed by atoms with Crippen LogP contribution in [0, 0.1) is 13.8 Å². The first kappa shape index (κ1) is 12.4. The Bertz CT molecular complexity index is 592. The van der Waals surface area contributed by atoms with E-state index >= 15 is 0 Å². The lowest BCUT2D eigenvalue weighted by atomic mass is 9.86. The second-order valence-corrected chi connectivity index (χ2v) is 5.93. The van der Waals surface area contributed by atoms with Crippen molar-refractivity contribution in [1.29, 1.82) is 0 Å². The molecule has 0 radical (unpaired) electrons. The van der Waals surface area contributed by atoms with Crippen molar-refractivity contribution in [2.24, 2.45) is 0 Å². The summed E-state index contributed by atoms with van der Waals surface area (Å²) in [5.74, 6) is 0. The number of hydrogen-bond acceptors (Lipinski definition) is 2. The summed E-state index contributed by atoms with van der Waals surface area (Å²) in [7, 11) is 0. The zero-order valence-electron chi connectivity index (χ0n) is 11.9. The van der Waals surface area contributed by atoms with E-state index in [1.54, 1.807) is 0 Å². The van der Waals surface area contributed by atoms with Crippen LogP contribution in [0.15, 0.2) is 30.7 Å². The quantitative estimate of drug-likeness (QED) is 0.894. The lowest BCUT2D eigenvalue weighted by Gasteiger charge is -2.25. The number of aromatic nitrogens is 2. The average Bonchev–Trinajstić information content (AvgIpc) is 3.01. The van der Waals surface area contributed by atoms with E-state index < -0.39 is 0 Å². The topological polar surface area (TPSA) is 29.9 Å². The molecule has 3 rings (SSSR count). The molecule has 2 heterocycles. The molecule has 1 aliphatic heterocycles. The first-order valence-corrected chi connectivity index (χ1v) is 6.91. The van der Waals surface area contributed by atoms with Crippen molar-refractivity contribution < 1.29 is 0 Å². The summed E-state index contributed by atoms with van der Waals surface area (Å²) in [6, 6.07) is 6.59. The minimum Gasteiger partial charge on any atom is -0.316 e. The van der Waals surface area contributed by atoms with Gasteiger partial charge in [-0.1, -0.05) is 19.1 Å². The van der Waals surface area contributed by atoms with Crippen molar-refractivity contribution in [2.75, 3.05) is 13.1 Å². The summed E-state index contributed by atoms with van der Waals surface area (Å²) in [5, 5.41) is 3.46. The molecule has 100 valence electrons. The van der Waals surface area contributed by atoms with Crippen LogP contribution in [0.1, 0.15) is 30.2 Å². The van der Waals surface area contributed by atoms with Gasteiger partial charge in [-0.2, -0.15) is 0 Å². The number of nitrogens with one attached hydrogen (secondary N) is 1. The van der Waals surface area contributed by atoms with Crippen molar-refractivity contribution in [3.8, 4) is 5.69 Å². The van der Waals surface area contributed by atoms with Gasteiger partial charge in [0.25, 0.3) is 0 Å². The van der Waals surface area contributed by atoms with Gasteiger partial charge in [-0.05, 0) is 44.0 Å². The molecule has 1 saturated heterocycles. The first-order chi connectivity index (χ1) is 9.10. The highest BCUT2D eigenvalue weighted by molar-refractivity contribution is 5.45. The fourth-order valence-corrected chi connectivity index (χ4v) is 2.95. The molecule has 3 heteroatoms. The maximum Gasteiger partial charge on any atom is 0.0994 e. The molecule has 1 aliphatic rings. The predicted molar refractivity (Wildman–Crippen MR) is 77.9 cm³/mol. The van der Waals surface area contributed by atoms with E-state index in [0.717, 1.165) is 13.1 Å². The fraction of sp³-hybridized carbons (Fsp3) is 0.438. The third-order valence-electron chi connectivity index (χ3n) is 4.25. The largest absolute Gasteiger partial charge is 0.316 e. The Morgan fingerprint density at radius 2 is 2.16 bits per heavy atom. The number of benzene rings is 1. The summed E-state index contributed by atoms with van der Waals surface area (Å²) in [6.07, 6.45) is 5.14. The monoisotopic (exact) mass is 255 g/mol. The number of imidazole rings is 1. The van der Waals surface area contributed by atoms with Crippen LogP contribution in [-0.4, -0.2) is 22.6 Å². The highest BCUT2D eigenvalue weighted by Gasteiger charge is 2.33. The molecule has 1 fully saturated rings. The molecule has 0 spiro atoms. The maximum absolute atomic E-state index is 4.39. The van der Waals surface area contributed by atoms with Gasteiger partial charge in [0.1, 0.15) is 0 Å². The molecule has 0 bridgehead atoms. The van der Waals surface area contributed by atoms with E-state index in [1.165, 1.54) is 28.9 Å². The molecule has 19 heavy (non-hydrogen) atoms. The third-order valence-corrected chi connectivity index (χ3v) is 4.25. The molecule has 3 nitrogen and oxygen atoms in total. The molecule has 1 unspecified atom stereocenters. The molecule has 0 amide bonds. The highest BCUT2D eigenvalue weighted by Crippen LogP contribution is 2.32. The van der Waals surface area contributed by atoms with Crippen LogP contribution in [0.25, 0.3) is 5.69 Å². The zero-order valence-corrected chi connectivity index (χ0v) is 11.9. The Balaban J connectivity index is 2.12. The number of aryl methyl sites for hydroxylation is 2. The van der Waals surface area contributed by atoms with E-state index in [1.807, 2.05) is 12.5 Å². The SMILES string of the molecule is Cc1ccc(C)c(-n2cncc2C2(C)CCNC2)c1. The van der Waals surface area contributed by atoms with Gasteiger partial charge in [-0.15, -0.1) is 0 Å². The van der Waals surface area contributed by atoms with Crippen molar-refractivity contribution in [3.63, 3.8) is 0 Å². The number of nitrogens with zero attached hydrogens (tertiary/aromatic N) is 2. The van der Waals surface area contributed by atoms with Gasteiger partial charge < -0.3 is 9.88 Å². The molecule has 1 aromatic heterocycles. The minimum absolute atomic E-state index is 0.187. The van der Waals surface area contributed by atoms with Gasteiger partial charge in [-0.3, -0.25) is 0 Å². The van der Waals surface area contributed by atoms with Crippen molar-refractivity contribution in [3.05, 3.63) is 47.5 Å². The fourth-order valence-electron chi connectivity index (χ4n) is 2.95. The molecule has 2 aromatic rings. The minimum atomic E-state index is 0.187.